The minimum absolute atomic E-state index is 0.000581. The molecule has 0 atom stereocenters. The van der Waals surface area contributed by atoms with E-state index in [4.69, 9.17) is 11.6 Å². The number of carbonyl (C=O) groups is 1. The lowest BCUT2D eigenvalue weighted by atomic mass is 10.1. The van der Waals surface area contributed by atoms with Crippen LogP contribution in [0.15, 0.2) is 84.9 Å². The van der Waals surface area contributed by atoms with Gasteiger partial charge in [0.15, 0.2) is 0 Å². The van der Waals surface area contributed by atoms with Gasteiger partial charge < -0.3 is 4.90 Å². The lowest BCUT2D eigenvalue weighted by Crippen LogP contribution is -2.30. The van der Waals surface area contributed by atoms with E-state index in [0.29, 0.717) is 23.7 Å². The second kappa shape index (κ2) is 7.80. The van der Waals surface area contributed by atoms with Crippen LogP contribution in [0, 0.1) is 0 Å². The molecule has 0 unspecified atom stereocenters. The van der Waals surface area contributed by atoms with Gasteiger partial charge in [0.2, 0.25) is 0 Å². The van der Waals surface area contributed by atoms with E-state index < -0.39 is 0 Å². The van der Waals surface area contributed by atoms with Crippen LogP contribution in [0.2, 0.25) is 5.02 Å². The second-order valence-electron chi connectivity index (χ2n) is 5.64. The zero-order valence-electron chi connectivity index (χ0n) is 13.2. The zero-order valence-corrected chi connectivity index (χ0v) is 14.0. The molecule has 0 spiro atoms. The van der Waals surface area contributed by atoms with Gasteiger partial charge in [-0.2, -0.15) is 0 Å². The van der Waals surface area contributed by atoms with E-state index in [0.717, 1.165) is 11.1 Å². The standard InChI is InChI=1S/C21H18ClNO/c22-20-13-11-19(12-14-20)21(24)23(15-17-7-3-1-4-8-17)16-18-9-5-2-6-10-18/h1-14H,15-16H2. The highest BCUT2D eigenvalue weighted by atomic mass is 35.5. The Labute approximate surface area is 147 Å². The molecule has 1 amide bonds. The summed E-state index contributed by atoms with van der Waals surface area (Å²) >= 11 is 5.93. The smallest absolute Gasteiger partial charge is 0.254 e. The average molecular weight is 336 g/mol. The first-order chi connectivity index (χ1) is 11.7. The van der Waals surface area contributed by atoms with Crippen molar-refractivity contribution in [2.45, 2.75) is 13.1 Å². The Morgan fingerprint density at radius 1 is 0.708 bits per heavy atom. The summed E-state index contributed by atoms with van der Waals surface area (Å²) in [5.74, 6) is -0.000581. The van der Waals surface area contributed by atoms with E-state index in [1.165, 1.54) is 0 Å². The molecule has 0 aliphatic heterocycles. The number of benzene rings is 3. The normalized spacial score (nSPS) is 10.4. The lowest BCUT2D eigenvalue weighted by molar-refractivity contribution is 0.0730. The fraction of sp³-hybridized carbons (Fsp3) is 0.0952. The van der Waals surface area contributed by atoms with Gasteiger partial charge in [0.1, 0.15) is 0 Å². The highest BCUT2D eigenvalue weighted by Gasteiger charge is 2.16. The summed E-state index contributed by atoms with van der Waals surface area (Å²) < 4.78 is 0. The highest BCUT2D eigenvalue weighted by Crippen LogP contribution is 2.16. The molecule has 0 fully saturated rings. The van der Waals surface area contributed by atoms with Crippen LogP contribution < -0.4 is 0 Å². The molecular weight excluding hydrogens is 318 g/mol. The largest absolute Gasteiger partial charge is 0.330 e. The molecule has 0 saturated heterocycles. The number of hydrogen-bond donors (Lipinski definition) is 0. The molecular formula is C21H18ClNO. The van der Waals surface area contributed by atoms with E-state index >= 15 is 0 Å². The van der Waals surface area contributed by atoms with Gasteiger partial charge in [-0.25, -0.2) is 0 Å². The maximum atomic E-state index is 12.9. The fourth-order valence-electron chi connectivity index (χ4n) is 2.58. The summed E-state index contributed by atoms with van der Waals surface area (Å²) in [5, 5.41) is 0.629. The number of carbonyl (C=O) groups excluding carboxylic acids is 1. The molecule has 3 heteroatoms. The average Bonchev–Trinajstić information content (AvgIpc) is 2.63. The number of nitrogens with zero attached hydrogens (tertiary/aromatic N) is 1. The van der Waals surface area contributed by atoms with Gasteiger partial charge in [-0.1, -0.05) is 72.3 Å². The van der Waals surface area contributed by atoms with Gasteiger partial charge in [-0.15, -0.1) is 0 Å². The van der Waals surface area contributed by atoms with Gasteiger partial charge in [-0.05, 0) is 35.4 Å². The van der Waals surface area contributed by atoms with Gasteiger partial charge in [0.25, 0.3) is 5.91 Å². The molecule has 120 valence electrons. The van der Waals surface area contributed by atoms with Crippen molar-refractivity contribution >= 4 is 17.5 Å². The molecule has 3 rings (SSSR count). The van der Waals surface area contributed by atoms with Crippen molar-refractivity contribution in [1.82, 2.24) is 4.90 Å². The maximum absolute atomic E-state index is 12.9. The van der Waals surface area contributed by atoms with Crippen LogP contribution in [0.1, 0.15) is 21.5 Å². The molecule has 0 bridgehead atoms. The van der Waals surface area contributed by atoms with Crippen molar-refractivity contribution in [3.8, 4) is 0 Å². The summed E-state index contributed by atoms with van der Waals surface area (Å²) in [4.78, 5) is 14.8. The summed E-state index contributed by atoms with van der Waals surface area (Å²) in [6, 6.07) is 27.1. The third kappa shape index (κ3) is 4.24. The minimum atomic E-state index is -0.000581. The number of rotatable bonds is 5. The Bertz CT molecular complexity index is 744. The number of halogens is 1. The Kier molecular flexibility index (Phi) is 5.29. The second-order valence-corrected chi connectivity index (χ2v) is 6.08. The molecule has 0 aromatic heterocycles. The molecule has 0 saturated carbocycles. The Balaban J connectivity index is 1.85. The quantitative estimate of drug-likeness (QED) is 0.629. The Morgan fingerprint density at radius 2 is 1.17 bits per heavy atom. The van der Waals surface area contributed by atoms with E-state index in [9.17, 15) is 4.79 Å². The van der Waals surface area contributed by atoms with Crippen molar-refractivity contribution < 1.29 is 4.79 Å². The van der Waals surface area contributed by atoms with Crippen LogP contribution in [-0.4, -0.2) is 10.8 Å². The minimum Gasteiger partial charge on any atom is -0.330 e. The predicted octanol–water partition coefficient (Wildman–Crippen LogP) is 5.18. The lowest BCUT2D eigenvalue weighted by Gasteiger charge is -2.23. The van der Waals surface area contributed by atoms with E-state index in [-0.39, 0.29) is 5.91 Å². The van der Waals surface area contributed by atoms with Crippen LogP contribution in [0.25, 0.3) is 0 Å². The summed E-state index contributed by atoms with van der Waals surface area (Å²) in [6.45, 7) is 1.13. The van der Waals surface area contributed by atoms with Gasteiger partial charge >= 0.3 is 0 Å². The molecule has 0 aliphatic carbocycles. The van der Waals surface area contributed by atoms with Crippen LogP contribution in [0.3, 0.4) is 0 Å². The van der Waals surface area contributed by atoms with Gasteiger partial charge in [0.05, 0.1) is 0 Å². The zero-order chi connectivity index (χ0) is 16.8. The Morgan fingerprint density at radius 3 is 1.62 bits per heavy atom. The van der Waals surface area contributed by atoms with E-state index in [1.54, 1.807) is 24.3 Å². The van der Waals surface area contributed by atoms with Crippen LogP contribution in [-0.2, 0) is 13.1 Å². The maximum Gasteiger partial charge on any atom is 0.254 e. The van der Waals surface area contributed by atoms with Crippen molar-refractivity contribution in [3.05, 3.63) is 107 Å². The predicted molar refractivity (Wildman–Crippen MR) is 97.9 cm³/mol. The summed E-state index contributed by atoms with van der Waals surface area (Å²) in [6.07, 6.45) is 0. The summed E-state index contributed by atoms with van der Waals surface area (Å²) in [5.41, 5.74) is 2.86. The molecule has 24 heavy (non-hydrogen) atoms. The molecule has 0 heterocycles. The van der Waals surface area contributed by atoms with E-state index in [1.807, 2.05) is 65.6 Å². The fourth-order valence-corrected chi connectivity index (χ4v) is 2.71. The Hall–Kier alpha value is -2.58. The van der Waals surface area contributed by atoms with Crippen molar-refractivity contribution in [2.75, 3.05) is 0 Å². The van der Waals surface area contributed by atoms with Crippen LogP contribution in [0.5, 0.6) is 0 Å². The molecule has 0 radical (unpaired) electrons. The number of hydrogen-bond acceptors (Lipinski definition) is 1. The van der Waals surface area contributed by atoms with Crippen molar-refractivity contribution in [3.63, 3.8) is 0 Å². The number of amides is 1. The molecule has 0 aliphatic rings. The first-order valence-corrected chi connectivity index (χ1v) is 8.23. The molecule has 3 aromatic carbocycles. The third-order valence-electron chi connectivity index (χ3n) is 3.81. The van der Waals surface area contributed by atoms with Crippen LogP contribution in [0.4, 0.5) is 0 Å². The summed E-state index contributed by atoms with van der Waals surface area (Å²) in [7, 11) is 0. The van der Waals surface area contributed by atoms with Gasteiger partial charge in [-0.3, -0.25) is 4.79 Å². The monoisotopic (exact) mass is 335 g/mol. The molecule has 3 aromatic rings. The van der Waals surface area contributed by atoms with Gasteiger partial charge in [0, 0.05) is 23.7 Å². The van der Waals surface area contributed by atoms with Crippen molar-refractivity contribution in [2.24, 2.45) is 0 Å². The van der Waals surface area contributed by atoms with Crippen LogP contribution >= 0.6 is 11.6 Å². The first kappa shape index (κ1) is 16.3. The van der Waals surface area contributed by atoms with Crippen molar-refractivity contribution in [1.29, 1.82) is 0 Å². The third-order valence-corrected chi connectivity index (χ3v) is 4.06. The molecule has 2 nitrogen and oxygen atoms in total. The highest BCUT2D eigenvalue weighted by molar-refractivity contribution is 6.30. The first-order valence-electron chi connectivity index (χ1n) is 7.85. The topological polar surface area (TPSA) is 20.3 Å². The SMILES string of the molecule is O=C(c1ccc(Cl)cc1)N(Cc1ccccc1)Cc1ccccc1. The van der Waals surface area contributed by atoms with E-state index in [2.05, 4.69) is 0 Å². The molecule has 0 N–H and O–H groups in total.